The Bertz CT molecular complexity index is 655. The van der Waals surface area contributed by atoms with Gasteiger partial charge >= 0.3 is 0 Å². The number of benzene rings is 1. The van der Waals surface area contributed by atoms with Gasteiger partial charge in [0, 0.05) is 37.3 Å². The predicted octanol–water partition coefficient (Wildman–Crippen LogP) is 3.18. The number of carbonyl (C=O) groups is 1. The zero-order chi connectivity index (χ0) is 16.6. The van der Waals surface area contributed by atoms with Gasteiger partial charge in [0.05, 0.1) is 0 Å². The summed E-state index contributed by atoms with van der Waals surface area (Å²) in [5.41, 5.74) is 1.36. The van der Waals surface area contributed by atoms with Crippen LogP contribution in [-0.4, -0.2) is 35.4 Å². The molecule has 1 aromatic carbocycles. The Kier molecular flexibility index (Phi) is 6.15. The van der Waals surface area contributed by atoms with E-state index in [4.69, 9.17) is 0 Å². The number of amides is 1. The van der Waals surface area contributed by atoms with E-state index in [0.717, 1.165) is 31.2 Å². The average Bonchev–Trinajstić information content (AvgIpc) is 3.13. The lowest BCUT2D eigenvalue weighted by Gasteiger charge is -2.32. The highest BCUT2D eigenvalue weighted by atomic mass is 32.1. The Labute approximate surface area is 147 Å². The molecule has 0 bridgehead atoms. The van der Waals surface area contributed by atoms with Crippen LogP contribution in [-0.2, 0) is 11.3 Å². The number of aromatic nitrogens is 1. The van der Waals surface area contributed by atoms with Gasteiger partial charge in [-0.2, -0.15) is 0 Å². The van der Waals surface area contributed by atoms with Gasteiger partial charge in [-0.3, -0.25) is 9.69 Å². The van der Waals surface area contributed by atoms with E-state index >= 15 is 0 Å². The highest BCUT2D eigenvalue weighted by Gasteiger charge is 2.20. The van der Waals surface area contributed by atoms with Gasteiger partial charge in [0.2, 0.25) is 5.91 Å². The monoisotopic (exact) mass is 341 g/mol. The number of carbonyl (C=O) groups excluding carboxylic acids is 1. The molecule has 3 rings (SSSR count). The fourth-order valence-corrected chi connectivity index (χ4v) is 3.60. The maximum absolute atomic E-state index is 11.9. The molecule has 1 aromatic heterocycles. The molecule has 0 saturated carbocycles. The van der Waals surface area contributed by atoms with E-state index in [1.165, 1.54) is 29.7 Å². The SMILES string of the molecule is O=C(/C=C/c1nccs1)NC[C@H]1CCCN(Cc2ccccc2)C1. The number of nitrogens with one attached hydrogen (secondary N) is 1. The van der Waals surface area contributed by atoms with Crippen LogP contribution in [0.1, 0.15) is 23.4 Å². The van der Waals surface area contributed by atoms with Crippen LogP contribution >= 0.6 is 11.3 Å². The Balaban J connectivity index is 1.43. The van der Waals surface area contributed by atoms with Crippen LogP contribution in [0.15, 0.2) is 48.0 Å². The first-order valence-electron chi connectivity index (χ1n) is 8.41. The summed E-state index contributed by atoms with van der Waals surface area (Å²) in [4.78, 5) is 18.5. The van der Waals surface area contributed by atoms with Crippen LogP contribution in [0, 0.1) is 5.92 Å². The van der Waals surface area contributed by atoms with Crippen LogP contribution in [0.2, 0.25) is 0 Å². The topological polar surface area (TPSA) is 45.2 Å². The standard InChI is InChI=1S/C19H23N3OS/c23-18(8-9-19-20-10-12-24-19)21-13-17-7-4-11-22(15-17)14-16-5-2-1-3-6-16/h1-3,5-6,8-10,12,17H,4,7,11,13-15H2,(H,21,23)/b9-8+/t17-/m1/s1. The zero-order valence-electron chi connectivity index (χ0n) is 13.7. The molecular weight excluding hydrogens is 318 g/mol. The van der Waals surface area contributed by atoms with Crippen molar-refractivity contribution in [3.8, 4) is 0 Å². The first kappa shape index (κ1) is 16.9. The smallest absolute Gasteiger partial charge is 0.244 e. The molecule has 1 atom stereocenters. The summed E-state index contributed by atoms with van der Waals surface area (Å²) in [5.74, 6) is 0.491. The molecule has 1 aliphatic heterocycles. The van der Waals surface area contributed by atoms with Crippen molar-refractivity contribution in [2.75, 3.05) is 19.6 Å². The number of likely N-dealkylation sites (tertiary alicyclic amines) is 1. The third kappa shape index (κ3) is 5.28. The summed E-state index contributed by atoms with van der Waals surface area (Å²) < 4.78 is 0. The molecule has 1 fully saturated rings. The lowest BCUT2D eigenvalue weighted by Crippen LogP contribution is -2.40. The van der Waals surface area contributed by atoms with Crippen molar-refractivity contribution in [2.24, 2.45) is 5.92 Å². The summed E-state index contributed by atoms with van der Waals surface area (Å²) in [5, 5.41) is 5.79. The van der Waals surface area contributed by atoms with Crippen molar-refractivity contribution in [1.29, 1.82) is 0 Å². The summed E-state index contributed by atoms with van der Waals surface area (Å²) in [7, 11) is 0. The Morgan fingerprint density at radius 2 is 2.25 bits per heavy atom. The van der Waals surface area contributed by atoms with E-state index in [9.17, 15) is 4.79 Å². The molecule has 1 aliphatic rings. The number of hydrogen-bond donors (Lipinski definition) is 1. The molecule has 2 heterocycles. The number of hydrogen-bond acceptors (Lipinski definition) is 4. The summed E-state index contributed by atoms with van der Waals surface area (Å²) in [6, 6.07) is 10.6. The van der Waals surface area contributed by atoms with Gasteiger partial charge < -0.3 is 5.32 Å². The number of nitrogens with zero attached hydrogens (tertiary/aromatic N) is 2. The third-order valence-electron chi connectivity index (χ3n) is 4.25. The molecule has 126 valence electrons. The fourth-order valence-electron chi connectivity index (χ4n) is 3.07. The Hall–Kier alpha value is -1.98. The first-order chi connectivity index (χ1) is 11.8. The second kappa shape index (κ2) is 8.76. The minimum Gasteiger partial charge on any atom is -0.352 e. The Morgan fingerprint density at radius 3 is 3.04 bits per heavy atom. The molecule has 5 heteroatoms. The number of rotatable bonds is 6. The Morgan fingerprint density at radius 1 is 1.38 bits per heavy atom. The van der Waals surface area contributed by atoms with Crippen LogP contribution in [0.4, 0.5) is 0 Å². The van der Waals surface area contributed by atoms with E-state index in [-0.39, 0.29) is 5.91 Å². The van der Waals surface area contributed by atoms with Gasteiger partial charge in [-0.25, -0.2) is 4.98 Å². The van der Waals surface area contributed by atoms with Crippen molar-refractivity contribution < 1.29 is 4.79 Å². The third-order valence-corrected chi connectivity index (χ3v) is 4.99. The molecule has 2 aromatic rings. The lowest BCUT2D eigenvalue weighted by molar-refractivity contribution is -0.116. The van der Waals surface area contributed by atoms with Crippen LogP contribution < -0.4 is 5.32 Å². The molecule has 0 radical (unpaired) electrons. The lowest BCUT2D eigenvalue weighted by atomic mass is 9.97. The molecule has 1 N–H and O–H groups in total. The van der Waals surface area contributed by atoms with E-state index in [0.29, 0.717) is 5.92 Å². The summed E-state index contributed by atoms with van der Waals surface area (Å²) >= 11 is 1.53. The molecule has 0 spiro atoms. The van der Waals surface area contributed by atoms with Gasteiger partial charge in [0.25, 0.3) is 0 Å². The van der Waals surface area contributed by atoms with E-state index in [1.54, 1.807) is 18.3 Å². The maximum Gasteiger partial charge on any atom is 0.244 e. The molecular formula is C19H23N3OS. The van der Waals surface area contributed by atoms with E-state index in [1.807, 2.05) is 5.38 Å². The molecule has 1 amide bonds. The van der Waals surface area contributed by atoms with Crippen molar-refractivity contribution in [2.45, 2.75) is 19.4 Å². The molecule has 4 nitrogen and oxygen atoms in total. The molecule has 24 heavy (non-hydrogen) atoms. The summed E-state index contributed by atoms with van der Waals surface area (Å²) in [6.45, 7) is 3.93. The molecule has 1 saturated heterocycles. The fraction of sp³-hybridized carbons (Fsp3) is 0.368. The normalized spacial score (nSPS) is 18.8. The van der Waals surface area contributed by atoms with Crippen molar-refractivity contribution in [3.63, 3.8) is 0 Å². The van der Waals surface area contributed by atoms with Crippen LogP contribution in [0.25, 0.3) is 6.08 Å². The van der Waals surface area contributed by atoms with Gasteiger partial charge in [-0.05, 0) is 36.9 Å². The van der Waals surface area contributed by atoms with Gasteiger partial charge in [-0.15, -0.1) is 11.3 Å². The average molecular weight is 341 g/mol. The van der Waals surface area contributed by atoms with Crippen molar-refractivity contribution in [1.82, 2.24) is 15.2 Å². The summed E-state index contributed by atoms with van der Waals surface area (Å²) in [6.07, 6.45) is 7.46. The van der Waals surface area contributed by atoms with Crippen molar-refractivity contribution in [3.05, 3.63) is 58.6 Å². The van der Waals surface area contributed by atoms with Crippen molar-refractivity contribution >= 4 is 23.3 Å². The number of thiazole rings is 1. The minimum absolute atomic E-state index is 0.0367. The molecule has 0 aliphatic carbocycles. The second-order valence-corrected chi connectivity index (χ2v) is 7.10. The van der Waals surface area contributed by atoms with Crippen LogP contribution in [0.5, 0.6) is 0 Å². The predicted molar refractivity (Wildman–Crippen MR) is 98.6 cm³/mol. The van der Waals surface area contributed by atoms with E-state index in [2.05, 4.69) is 45.5 Å². The quantitative estimate of drug-likeness (QED) is 0.821. The maximum atomic E-state index is 11.9. The highest BCUT2D eigenvalue weighted by molar-refractivity contribution is 7.10. The minimum atomic E-state index is -0.0367. The van der Waals surface area contributed by atoms with E-state index < -0.39 is 0 Å². The number of piperidine rings is 1. The zero-order valence-corrected chi connectivity index (χ0v) is 14.5. The largest absolute Gasteiger partial charge is 0.352 e. The highest BCUT2D eigenvalue weighted by Crippen LogP contribution is 2.18. The van der Waals surface area contributed by atoms with Gasteiger partial charge in [-0.1, -0.05) is 30.3 Å². The first-order valence-corrected chi connectivity index (χ1v) is 9.29. The van der Waals surface area contributed by atoms with Crippen LogP contribution in [0.3, 0.4) is 0 Å². The van der Waals surface area contributed by atoms with Gasteiger partial charge in [0.1, 0.15) is 5.01 Å². The molecule has 0 unspecified atom stereocenters. The van der Waals surface area contributed by atoms with Gasteiger partial charge in [0.15, 0.2) is 0 Å². The second-order valence-electron chi connectivity index (χ2n) is 6.18.